The molecule has 4 rings (SSSR count). The second kappa shape index (κ2) is 7.23. The second-order valence-corrected chi connectivity index (χ2v) is 6.77. The summed E-state index contributed by atoms with van der Waals surface area (Å²) in [6.07, 6.45) is 0. The van der Waals surface area contributed by atoms with Crippen molar-refractivity contribution in [3.63, 3.8) is 0 Å². The molecular formula is C18H14ClN3O3S. The molecule has 1 aliphatic rings. The Hall–Kier alpha value is -2.77. The van der Waals surface area contributed by atoms with Crippen molar-refractivity contribution in [2.45, 2.75) is 6.54 Å². The molecule has 0 atom stereocenters. The minimum Gasteiger partial charge on any atom is -0.454 e. The number of fused-ring (bicyclic) bond motifs is 1. The molecule has 3 aromatic rings. The van der Waals surface area contributed by atoms with Gasteiger partial charge in [-0.25, -0.2) is 4.98 Å². The van der Waals surface area contributed by atoms with Gasteiger partial charge in [0.05, 0.1) is 0 Å². The van der Waals surface area contributed by atoms with Crippen LogP contribution in [0.3, 0.4) is 0 Å². The van der Waals surface area contributed by atoms with Gasteiger partial charge in [0, 0.05) is 28.7 Å². The molecule has 0 saturated carbocycles. The lowest BCUT2D eigenvalue weighted by Gasteiger charge is -2.05. The third-order valence-electron chi connectivity index (χ3n) is 3.76. The van der Waals surface area contributed by atoms with Crippen molar-refractivity contribution in [3.05, 3.63) is 64.1 Å². The molecule has 0 unspecified atom stereocenters. The van der Waals surface area contributed by atoms with E-state index in [1.807, 2.05) is 36.4 Å². The number of halogens is 1. The van der Waals surface area contributed by atoms with E-state index in [1.165, 1.54) is 11.3 Å². The van der Waals surface area contributed by atoms with Gasteiger partial charge in [-0.1, -0.05) is 29.8 Å². The number of rotatable bonds is 5. The fourth-order valence-electron chi connectivity index (χ4n) is 2.44. The SMILES string of the molecule is O=C(NCc1ccccc1Cl)c1csc(Nc2ccc3c(c2)OCO3)n1. The molecule has 6 nitrogen and oxygen atoms in total. The number of hydrogen-bond donors (Lipinski definition) is 2. The van der Waals surface area contributed by atoms with Gasteiger partial charge in [0.25, 0.3) is 5.91 Å². The average Bonchev–Trinajstić information content (AvgIpc) is 3.30. The number of aromatic nitrogens is 1. The van der Waals surface area contributed by atoms with Crippen LogP contribution in [-0.2, 0) is 6.54 Å². The number of carbonyl (C=O) groups is 1. The molecule has 0 radical (unpaired) electrons. The Morgan fingerprint density at radius 1 is 1.19 bits per heavy atom. The lowest BCUT2D eigenvalue weighted by Crippen LogP contribution is -2.23. The fraction of sp³-hybridized carbons (Fsp3) is 0.111. The summed E-state index contributed by atoms with van der Waals surface area (Å²) in [6, 6.07) is 12.9. The minimum absolute atomic E-state index is 0.228. The highest BCUT2D eigenvalue weighted by atomic mass is 35.5. The topological polar surface area (TPSA) is 72.5 Å². The third-order valence-corrected chi connectivity index (χ3v) is 4.88. The average molecular weight is 388 g/mol. The molecule has 8 heteroatoms. The van der Waals surface area contributed by atoms with Crippen molar-refractivity contribution in [2.75, 3.05) is 12.1 Å². The summed E-state index contributed by atoms with van der Waals surface area (Å²) < 4.78 is 10.6. The van der Waals surface area contributed by atoms with Gasteiger partial charge in [-0.3, -0.25) is 4.79 Å². The van der Waals surface area contributed by atoms with Gasteiger partial charge < -0.3 is 20.1 Å². The smallest absolute Gasteiger partial charge is 0.271 e. The summed E-state index contributed by atoms with van der Waals surface area (Å²) in [5.74, 6) is 1.15. The summed E-state index contributed by atoms with van der Waals surface area (Å²) in [7, 11) is 0. The Morgan fingerprint density at radius 3 is 2.92 bits per heavy atom. The molecule has 1 amide bonds. The highest BCUT2D eigenvalue weighted by Crippen LogP contribution is 2.35. The Balaban J connectivity index is 1.39. The van der Waals surface area contributed by atoms with E-state index in [0.717, 1.165) is 11.3 Å². The van der Waals surface area contributed by atoms with E-state index >= 15 is 0 Å². The summed E-state index contributed by atoms with van der Waals surface area (Å²) in [4.78, 5) is 16.6. The van der Waals surface area contributed by atoms with Gasteiger partial charge in [-0.05, 0) is 23.8 Å². The van der Waals surface area contributed by atoms with Gasteiger partial charge >= 0.3 is 0 Å². The zero-order valence-corrected chi connectivity index (χ0v) is 15.1. The maximum absolute atomic E-state index is 12.3. The van der Waals surface area contributed by atoms with Crippen LogP contribution in [0.25, 0.3) is 0 Å². The molecule has 1 aromatic heterocycles. The molecule has 2 heterocycles. The number of nitrogens with one attached hydrogen (secondary N) is 2. The minimum atomic E-state index is -0.250. The number of thiazole rings is 1. The molecule has 2 aromatic carbocycles. The van der Waals surface area contributed by atoms with E-state index in [9.17, 15) is 4.79 Å². The van der Waals surface area contributed by atoms with Gasteiger partial charge in [-0.15, -0.1) is 11.3 Å². The van der Waals surface area contributed by atoms with E-state index in [-0.39, 0.29) is 12.7 Å². The first-order chi connectivity index (χ1) is 12.7. The molecule has 26 heavy (non-hydrogen) atoms. The number of anilines is 2. The molecule has 2 N–H and O–H groups in total. The van der Waals surface area contributed by atoms with Gasteiger partial charge in [-0.2, -0.15) is 0 Å². The molecule has 0 bridgehead atoms. The number of carbonyl (C=O) groups excluding carboxylic acids is 1. The van der Waals surface area contributed by atoms with Crippen molar-refractivity contribution in [1.82, 2.24) is 10.3 Å². The largest absolute Gasteiger partial charge is 0.454 e. The maximum atomic E-state index is 12.3. The van der Waals surface area contributed by atoms with Gasteiger partial charge in [0.15, 0.2) is 16.6 Å². The van der Waals surface area contributed by atoms with Crippen molar-refractivity contribution >= 4 is 39.7 Å². The summed E-state index contributed by atoms with van der Waals surface area (Å²) in [5, 5.41) is 8.93. The van der Waals surface area contributed by atoms with E-state index in [0.29, 0.717) is 33.9 Å². The number of hydrogen-bond acceptors (Lipinski definition) is 6. The van der Waals surface area contributed by atoms with Crippen LogP contribution in [0, 0.1) is 0 Å². The van der Waals surface area contributed by atoms with Crippen LogP contribution in [0.4, 0.5) is 10.8 Å². The number of ether oxygens (including phenoxy) is 2. The quantitative estimate of drug-likeness (QED) is 0.686. The first-order valence-corrected chi connectivity index (χ1v) is 9.08. The van der Waals surface area contributed by atoms with Crippen molar-refractivity contribution in [3.8, 4) is 11.5 Å². The van der Waals surface area contributed by atoms with Crippen molar-refractivity contribution in [1.29, 1.82) is 0 Å². The number of nitrogens with zero attached hydrogens (tertiary/aromatic N) is 1. The van der Waals surface area contributed by atoms with Crippen molar-refractivity contribution < 1.29 is 14.3 Å². The van der Waals surface area contributed by atoms with Crippen LogP contribution < -0.4 is 20.1 Å². The number of amides is 1. The molecule has 0 fully saturated rings. The Morgan fingerprint density at radius 2 is 2.04 bits per heavy atom. The van der Waals surface area contributed by atoms with E-state index in [2.05, 4.69) is 15.6 Å². The van der Waals surface area contributed by atoms with Crippen LogP contribution in [-0.4, -0.2) is 17.7 Å². The van der Waals surface area contributed by atoms with Gasteiger partial charge in [0.1, 0.15) is 5.69 Å². The lowest BCUT2D eigenvalue weighted by atomic mass is 10.2. The van der Waals surface area contributed by atoms with Crippen LogP contribution in [0.5, 0.6) is 11.5 Å². The van der Waals surface area contributed by atoms with E-state index < -0.39 is 0 Å². The third kappa shape index (κ3) is 3.58. The molecule has 0 aliphatic carbocycles. The summed E-state index contributed by atoms with van der Waals surface area (Å²) in [6.45, 7) is 0.576. The molecule has 1 aliphatic heterocycles. The normalized spacial score (nSPS) is 12.0. The summed E-state index contributed by atoms with van der Waals surface area (Å²) >= 11 is 7.44. The monoisotopic (exact) mass is 387 g/mol. The first-order valence-electron chi connectivity index (χ1n) is 7.83. The maximum Gasteiger partial charge on any atom is 0.271 e. The van der Waals surface area contributed by atoms with Gasteiger partial charge in [0.2, 0.25) is 6.79 Å². The predicted octanol–water partition coefficient (Wildman–Crippen LogP) is 4.20. The Labute approximate surface area is 158 Å². The molecule has 0 saturated heterocycles. The molecule has 0 spiro atoms. The second-order valence-electron chi connectivity index (χ2n) is 5.51. The zero-order valence-electron chi connectivity index (χ0n) is 13.5. The highest BCUT2D eigenvalue weighted by molar-refractivity contribution is 7.14. The van der Waals surface area contributed by atoms with Crippen LogP contribution in [0.2, 0.25) is 5.02 Å². The first kappa shape index (κ1) is 16.7. The molecular weight excluding hydrogens is 374 g/mol. The molecule has 132 valence electrons. The standard InChI is InChI=1S/C18H14ClN3O3S/c19-13-4-2-1-3-11(13)8-20-17(23)14-9-26-18(22-14)21-12-5-6-15-16(7-12)25-10-24-15/h1-7,9H,8,10H2,(H,20,23)(H,21,22). The summed E-state index contributed by atoms with van der Waals surface area (Å²) in [5.41, 5.74) is 2.02. The Bertz CT molecular complexity index is 960. The van der Waals surface area contributed by atoms with E-state index in [4.69, 9.17) is 21.1 Å². The van der Waals surface area contributed by atoms with Crippen molar-refractivity contribution in [2.24, 2.45) is 0 Å². The van der Waals surface area contributed by atoms with Crippen LogP contribution in [0.1, 0.15) is 16.1 Å². The zero-order chi connectivity index (χ0) is 17.9. The van der Waals surface area contributed by atoms with E-state index in [1.54, 1.807) is 11.4 Å². The Kier molecular flexibility index (Phi) is 4.64. The highest BCUT2D eigenvalue weighted by Gasteiger charge is 2.15. The number of benzene rings is 2. The lowest BCUT2D eigenvalue weighted by molar-refractivity contribution is 0.0946. The predicted molar refractivity (Wildman–Crippen MR) is 101 cm³/mol. The fourth-order valence-corrected chi connectivity index (χ4v) is 3.35. The van der Waals surface area contributed by atoms with Crippen LogP contribution in [0.15, 0.2) is 47.8 Å². The van der Waals surface area contributed by atoms with Crippen LogP contribution >= 0.6 is 22.9 Å².